The van der Waals surface area contributed by atoms with E-state index in [2.05, 4.69) is 5.32 Å². The number of hydrogen-bond acceptors (Lipinski definition) is 3. The lowest BCUT2D eigenvalue weighted by Gasteiger charge is -2.18. The van der Waals surface area contributed by atoms with Gasteiger partial charge in [0.2, 0.25) is 6.10 Å². The van der Waals surface area contributed by atoms with Gasteiger partial charge in [-0.25, -0.2) is 9.18 Å². The molecule has 0 fully saturated rings. The monoisotopic (exact) mass is 383 g/mol. The second-order valence-electron chi connectivity index (χ2n) is 5.70. The first kappa shape index (κ1) is 18.6. The van der Waals surface area contributed by atoms with Crippen molar-refractivity contribution < 1.29 is 18.7 Å². The average Bonchev–Trinajstić information content (AvgIpc) is 2.68. The number of anilines is 1. The number of carbonyl (C=O) groups excluding carboxylic acids is 2. The number of ether oxygens (including phenoxy) is 1. The molecule has 1 amide bonds. The number of nitrogens with one attached hydrogen (secondary N) is 1. The van der Waals surface area contributed by atoms with E-state index in [-0.39, 0.29) is 5.56 Å². The molecule has 6 heteroatoms. The van der Waals surface area contributed by atoms with Crippen LogP contribution in [0.1, 0.15) is 22.0 Å². The minimum atomic E-state index is -1.18. The Kier molecular flexibility index (Phi) is 5.84. The molecule has 136 valence electrons. The number of rotatable bonds is 5. The first-order chi connectivity index (χ1) is 13.0. The van der Waals surface area contributed by atoms with Crippen molar-refractivity contribution in [2.75, 3.05) is 5.32 Å². The zero-order valence-electron chi connectivity index (χ0n) is 14.1. The Bertz CT molecular complexity index is 945. The number of hydrogen-bond donors (Lipinski definition) is 1. The number of carbonyl (C=O) groups is 2. The van der Waals surface area contributed by atoms with Crippen molar-refractivity contribution >= 4 is 29.2 Å². The highest BCUT2D eigenvalue weighted by atomic mass is 35.5. The minimum Gasteiger partial charge on any atom is -0.444 e. The van der Waals surface area contributed by atoms with Gasteiger partial charge in [-0.05, 0) is 42.5 Å². The zero-order chi connectivity index (χ0) is 19.2. The summed E-state index contributed by atoms with van der Waals surface area (Å²) in [5.41, 5.74) is 1.13. The fourth-order valence-electron chi connectivity index (χ4n) is 2.43. The highest BCUT2D eigenvalue weighted by Crippen LogP contribution is 2.22. The molecule has 0 aliphatic carbocycles. The smallest absolute Gasteiger partial charge is 0.339 e. The molecule has 0 saturated carbocycles. The van der Waals surface area contributed by atoms with Crippen molar-refractivity contribution in [3.63, 3.8) is 0 Å². The molecule has 4 nitrogen and oxygen atoms in total. The molecule has 1 N–H and O–H groups in total. The normalized spacial score (nSPS) is 11.5. The standard InChI is InChI=1S/C21H15ClFNO3/c22-16-8-4-7-15(13-16)21(26)27-19(14-5-2-1-3-6-14)20(25)24-18-11-9-17(23)10-12-18/h1-13,19H,(H,24,25)/t19-/m1/s1. The van der Waals surface area contributed by atoms with Crippen LogP contribution in [0.4, 0.5) is 10.1 Å². The third kappa shape index (κ3) is 4.92. The molecular formula is C21H15ClFNO3. The maximum atomic E-state index is 13.0. The lowest BCUT2D eigenvalue weighted by atomic mass is 10.1. The molecule has 3 rings (SSSR count). The molecule has 27 heavy (non-hydrogen) atoms. The Morgan fingerprint density at radius 1 is 0.926 bits per heavy atom. The highest BCUT2D eigenvalue weighted by molar-refractivity contribution is 6.30. The van der Waals surface area contributed by atoms with Crippen molar-refractivity contribution in [2.45, 2.75) is 6.10 Å². The largest absolute Gasteiger partial charge is 0.444 e. The molecule has 0 heterocycles. The summed E-state index contributed by atoms with van der Waals surface area (Å²) >= 11 is 5.91. The van der Waals surface area contributed by atoms with Crippen LogP contribution in [-0.4, -0.2) is 11.9 Å². The molecule has 0 aliphatic heterocycles. The summed E-state index contributed by atoms with van der Waals surface area (Å²) in [6, 6.07) is 20.2. The van der Waals surface area contributed by atoms with Gasteiger partial charge in [0.25, 0.3) is 5.91 Å². The predicted octanol–water partition coefficient (Wildman–Crippen LogP) is 5.02. The SMILES string of the molecule is O=C(O[C@@H](C(=O)Nc1ccc(F)cc1)c1ccccc1)c1cccc(Cl)c1. The molecular weight excluding hydrogens is 369 g/mol. The van der Waals surface area contributed by atoms with E-state index in [0.717, 1.165) is 0 Å². The van der Waals surface area contributed by atoms with Gasteiger partial charge in [-0.2, -0.15) is 0 Å². The van der Waals surface area contributed by atoms with Crippen LogP contribution in [0.25, 0.3) is 0 Å². The lowest BCUT2D eigenvalue weighted by Crippen LogP contribution is -2.26. The Labute approximate surface area is 160 Å². The molecule has 1 atom stereocenters. The third-order valence-corrected chi connectivity index (χ3v) is 3.97. The van der Waals surface area contributed by atoms with Crippen molar-refractivity contribution in [2.24, 2.45) is 0 Å². The van der Waals surface area contributed by atoms with Gasteiger partial charge >= 0.3 is 5.97 Å². The van der Waals surface area contributed by atoms with Gasteiger partial charge < -0.3 is 10.1 Å². The molecule has 0 saturated heterocycles. The Balaban J connectivity index is 1.83. The van der Waals surface area contributed by atoms with Crippen LogP contribution >= 0.6 is 11.6 Å². The van der Waals surface area contributed by atoms with E-state index in [1.807, 2.05) is 0 Å². The molecule has 0 spiro atoms. The van der Waals surface area contributed by atoms with Gasteiger partial charge in [0.1, 0.15) is 5.82 Å². The van der Waals surface area contributed by atoms with Crippen molar-refractivity contribution in [1.29, 1.82) is 0 Å². The fraction of sp³-hybridized carbons (Fsp3) is 0.0476. The lowest BCUT2D eigenvalue weighted by molar-refractivity contribution is -0.125. The van der Waals surface area contributed by atoms with Crippen LogP contribution in [0.5, 0.6) is 0 Å². The Morgan fingerprint density at radius 3 is 2.30 bits per heavy atom. The number of benzene rings is 3. The maximum absolute atomic E-state index is 13.0. The summed E-state index contributed by atoms with van der Waals surface area (Å²) < 4.78 is 18.5. The molecule has 0 radical (unpaired) electrons. The Morgan fingerprint density at radius 2 is 1.63 bits per heavy atom. The van der Waals surface area contributed by atoms with E-state index in [9.17, 15) is 14.0 Å². The van der Waals surface area contributed by atoms with Crippen molar-refractivity contribution in [3.8, 4) is 0 Å². The second kappa shape index (κ2) is 8.47. The minimum absolute atomic E-state index is 0.234. The van der Waals surface area contributed by atoms with Crippen LogP contribution < -0.4 is 5.32 Å². The fourth-order valence-corrected chi connectivity index (χ4v) is 2.62. The summed E-state index contributed by atoms with van der Waals surface area (Å²) in [7, 11) is 0. The molecule has 0 aliphatic rings. The molecule has 0 bridgehead atoms. The van der Waals surface area contributed by atoms with Crippen LogP contribution in [-0.2, 0) is 9.53 Å². The van der Waals surface area contributed by atoms with Gasteiger partial charge in [0.05, 0.1) is 5.56 Å². The summed E-state index contributed by atoms with van der Waals surface area (Å²) in [4.78, 5) is 25.2. The molecule has 0 unspecified atom stereocenters. The summed E-state index contributed by atoms with van der Waals surface area (Å²) in [6.07, 6.45) is -1.18. The first-order valence-electron chi connectivity index (χ1n) is 8.11. The van der Waals surface area contributed by atoms with Gasteiger partial charge in [-0.15, -0.1) is 0 Å². The summed E-state index contributed by atoms with van der Waals surface area (Å²) in [6.45, 7) is 0. The van der Waals surface area contributed by atoms with E-state index < -0.39 is 23.8 Å². The topological polar surface area (TPSA) is 55.4 Å². The predicted molar refractivity (Wildman–Crippen MR) is 101 cm³/mol. The first-order valence-corrected chi connectivity index (χ1v) is 8.48. The van der Waals surface area contributed by atoms with Crippen molar-refractivity contribution in [3.05, 3.63) is 101 Å². The van der Waals surface area contributed by atoms with E-state index >= 15 is 0 Å². The maximum Gasteiger partial charge on any atom is 0.339 e. The summed E-state index contributed by atoms with van der Waals surface area (Å²) in [5, 5.41) is 3.01. The van der Waals surface area contributed by atoms with Gasteiger partial charge in [0.15, 0.2) is 0 Å². The van der Waals surface area contributed by atoms with Crippen LogP contribution in [0.15, 0.2) is 78.9 Å². The van der Waals surface area contributed by atoms with E-state index in [1.54, 1.807) is 48.5 Å². The molecule has 3 aromatic rings. The highest BCUT2D eigenvalue weighted by Gasteiger charge is 2.26. The number of esters is 1. The molecule has 0 aromatic heterocycles. The van der Waals surface area contributed by atoms with Crippen LogP contribution in [0.2, 0.25) is 5.02 Å². The van der Waals surface area contributed by atoms with Gasteiger partial charge in [-0.3, -0.25) is 4.79 Å². The van der Waals surface area contributed by atoms with E-state index in [0.29, 0.717) is 16.3 Å². The second-order valence-corrected chi connectivity index (χ2v) is 6.14. The quantitative estimate of drug-likeness (QED) is 0.630. The Hall–Kier alpha value is -3.18. The van der Waals surface area contributed by atoms with E-state index in [1.165, 1.54) is 30.3 Å². The molecule has 3 aromatic carbocycles. The van der Waals surface area contributed by atoms with Crippen LogP contribution in [0, 0.1) is 5.82 Å². The number of halogens is 2. The zero-order valence-corrected chi connectivity index (χ0v) is 14.8. The average molecular weight is 384 g/mol. The number of amides is 1. The van der Waals surface area contributed by atoms with Crippen LogP contribution in [0.3, 0.4) is 0 Å². The van der Waals surface area contributed by atoms with E-state index in [4.69, 9.17) is 16.3 Å². The van der Waals surface area contributed by atoms with Gasteiger partial charge in [0, 0.05) is 16.3 Å². The third-order valence-electron chi connectivity index (χ3n) is 3.74. The van der Waals surface area contributed by atoms with Crippen molar-refractivity contribution in [1.82, 2.24) is 0 Å². The van der Waals surface area contributed by atoms with Gasteiger partial charge in [-0.1, -0.05) is 48.0 Å². The summed E-state index contributed by atoms with van der Waals surface area (Å²) in [5.74, 6) is -1.65.